The first-order valence-electron chi connectivity index (χ1n) is 13.5. The van der Waals surface area contributed by atoms with Crippen LogP contribution in [0.5, 0.6) is 0 Å². The highest BCUT2D eigenvalue weighted by Crippen LogP contribution is 2.45. The lowest BCUT2D eigenvalue weighted by atomic mass is 9.95. The smallest absolute Gasteiger partial charge is 0.223 e. The Labute approximate surface area is 229 Å². The average Bonchev–Trinajstić information content (AvgIpc) is 3.83. The molecule has 11 heteroatoms. The quantitative estimate of drug-likeness (QED) is 0.300. The van der Waals surface area contributed by atoms with E-state index in [0.717, 1.165) is 35.1 Å². The number of rotatable bonds is 8. The van der Waals surface area contributed by atoms with Crippen molar-refractivity contribution in [1.29, 1.82) is 0 Å². The Hall–Kier alpha value is -4.25. The summed E-state index contributed by atoms with van der Waals surface area (Å²) < 4.78 is 28.5. The molecule has 1 amide bonds. The molecule has 3 N–H and O–H groups in total. The number of fused-ring (bicyclic) bond motifs is 1. The number of benzene rings is 1. The molecule has 3 aromatic heterocycles. The fourth-order valence-electron chi connectivity index (χ4n) is 5.21. The Kier molecular flexibility index (Phi) is 7.21. The van der Waals surface area contributed by atoms with Crippen LogP contribution in [0, 0.1) is 17.6 Å². The molecule has 2 aliphatic rings. The molecule has 40 heavy (non-hydrogen) atoms. The van der Waals surface area contributed by atoms with Gasteiger partial charge in [-0.05, 0) is 61.4 Å². The molecule has 6 rings (SSSR count). The monoisotopic (exact) mass is 545 g/mol. The Balaban J connectivity index is 1.35. The fraction of sp³-hybridized carbons (Fsp3) is 0.345. The summed E-state index contributed by atoms with van der Waals surface area (Å²) in [5.41, 5.74) is 2.21. The molecule has 0 unspecified atom stereocenters. The molecular weight excluding hydrogens is 516 g/mol. The van der Waals surface area contributed by atoms with E-state index in [1.807, 2.05) is 6.20 Å². The number of aliphatic hydroxyl groups is 1. The second-order valence-corrected chi connectivity index (χ2v) is 10.2. The minimum absolute atomic E-state index is 0.0343. The number of piperidine rings is 1. The normalized spacial score (nSPS) is 15.8. The number of pyridine rings is 2. The van der Waals surface area contributed by atoms with Crippen molar-refractivity contribution in [2.24, 2.45) is 5.92 Å². The maximum atomic E-state index is 14.2. The number of carbonyl (C=O) groups is 1. The summed E-state index contributed by atoms with van der Waals surface area (Å²) in [6.45, 7) is 1.46. The second kappa shape index (κ2) is 11.1. The van der Waals surface area contributed by atoms with Gasteiger partial charge in [0.05, 0.1) is 18.3 Å². The Morgan fingerprint density at radius 3 is 2.55 bits per heavy atom. The van der Waals surface area contributed by atoms with Gasteiger partial charge in [0.1, 0.15) is 29.0 Å². The zero-order chi connectivity index (χ0) is 27.6. The van der Waals surface area contributed by atoms with E-state index in [0.29, 0.717) is 43.2 Å². The molecule has 4 aromatic rings. The number of aliphatic hydroxyl groups excluding tert-OH is 1. The molecule has 2 fully saturated rings. The number of carbonyl (C=O) groups excluding carboxylic acids is 1. The maximum absolute atomic E-state index is 14.2. The lowest BCUT2D eigenvalue weighted by Crippen LogP contribution is -2.41. The van der Waals surface area contributed by atoms with Crippen LogP contribution < -0.4 is 15.5 Å². The number of aromatic nitrogens is 4. The topological polar surface area (TPSA) is 116 Å². The van der Waals surface area contributed by atoms with E-state index in [-0.39, 0.29) is 36.5 Å². The summed E-state index contributed by atoms with van der Waals surface area (Å²) in [4.78, 5) is 33.2. The van der Waals surface area contributed by atoms with Crippen LogP contribution in [-0.2, 0) is 4.79 Å². The highest BCUT2D eigenvalue weighted by Gasteiger charge is 2.31. The van der Waals surface area contributed by atoms with Gasteiger partial charge in [-0.3, -0.25) is 9.78 Å². The Morgan fingerprint density at radius 1 is 1.05 bits per heavy atom. The Morgan fingerprint density at radius 2 is 1.82 bits per heavy atom. The summed E-state index contributed by atoms with van der Waals surface area (Å²) >= 11 is 0. The highest BCUT2D eigenvalue weighted by atomic mass is 19.1. The predicted octanol–water partition coefficient (Wildman–Crippen LogP) is 4.31. The average molecular weight is 546 g/mol. The van der Waals surface area contributed by atoms with Crippen LogP contribution in [-0.4, -0.2) is 57.2 Å². The van der Waals surface area contributed by atoms with Gasteiger partial charge < -0.3 is 20.6 Å². The van der Waals surface area contributed by atoms with Gasteiger partial charge in [0.15, 0.2) is 5.82 Å². The van der Waals surface area contributed by atoms with E-state index >= 15 is 0 Å². The highest BCUT2D eigenvalue weighted by molar-refractivity contribution is 5.94. The van der Waals surface area contributed by atoms with E-state index in [2.05, 4.69) is 25.5 Å². The SMILES string of the molecule is O=C(NCCO)C1CCN(c2nc(-c3ccnc(Nc4c(F)cccc4F)c3)nc3cncc(C4CC4)c23)CC1. The molecule has 0 spiro atoms. The number of para-hydroxylation sites is 1. The van der Waals surface area contributed by atoms with Crippen molar-refractivity contribution in [3.8, 4) is 11.4 Å². The van der Waals surface area contributed by atoms with E-state index in [4.69, 9.17) is 15.1 Å². The van der Waals surface area contributed by atoms with Gasteiger partial charge in [0, 0.05) is 48.9 Å². The summed E-state index contributed by atoms with van der Waals surface area (Å²) in [5, 5.41) is 15.5. The molecule has 4 heterocycles. The first-order chi connectivity index (χ1) is 19.5. The van der Waals surface area contributed by atoms with Crippen LogP contribution in [0.4, 0.5) is 26.1 Å². The third-order valence-electron chi connectivity index (χ3n) is 7.44. The molecular formula is C29H29F2N7O2. The third-order valence-corrected chi connectivity index (χ3v) is 7.44. The molecule has 1 aliphatic carbocycles. The number of nitrogens with one attached hydrogen (secondary N) is 2. The lowest BCUT2D eigenvalue weighted by molar-refractivity contribution is -0.125. The van der Waals surface area contributed by atoms with Crippen LogP contribution >= 0.6 is 0 Å². The van der Waals surface area contributed by atoms with E-state index in [9.17, 15) is 13.6 Å². The minimum Gasteiger partial charge on any atom is -0.395 e. The van der Waals surface area contributed by atoms with Crippen LogP contribution in [0.1, 0.15) is 37.2 Å². The number of anilines is 3. The summed E-state index contributed by atoms with van der Waals surface area (Å²) in [6.07, 6.45) is 8.71. The number of hydrogen-bond donors (Lipinski definition) is 3. The molecule has 1 aliphatic heterocycles. The van der Waals surface area contributed by atoms with Gasteiger partial charge in [-0.1, -0.05) is 6.07 Å². The van der Waals surface area contributed by atoms with Gasteiger partial charge in [0.25, 0.3) is 0 Å². The van der Waals surface area contributed by atoms with Crippen LogP contribution in [0.25, 0.3) is 22.3 Å². The van der Waals surface area contributed by atoms with Crippen LogP contribution in [0.15, 0.2) is 48.9 Å². The van der Waals surface area contributed by atoms with Gasteiger partial charge >= 0.3 is 0 Å². The molecule has 0 radical (unpaired) electrons. The Bertz CT molecular complexity index is 1530. The fourth-order valence-corrected chi connectivity index (χ4v) is 5.21. The largest absolute Gasteiger partial charge is 0.395 e. The van der Waals surface area contributed by atoms with Crippen molar-refractivity contribution >= 4 is 34.1 Å². The van der Waals surface area contributed by atoms with Gasteiger partial charge in [0.2, 0.25) is 5.91 Å². The molecule has 1 saturated carbocycles. The van der Waals surface area contributed by atoms with Crippen molar-refractivity contribution in [3.05, 3.63) is 66.1 Å². The first-order valence-corrected chi connectivity index (χ1v) is 13.5. The van der Waals surface area contributed by atoms with Crippen molar-refractivity contribution in [1.82, 2.24) is 25.3 Å². The van der Waals surface area contributed by atoms with Crippen LogP contribution in [0.2, 0.25) is 0 Å². The van der Waals surface area contributed by atoms with E-state index in [1.54, 1.807) is 24.5 Å². The van der Waals surface area contributed by atoms with Crippen molar-refractivity contribution < 1.29 is 18.7 Å². The second-order valence-electron chi connectivity index (χ2n) is 10.2. The standard InChI is InChI=1S/C29H29F2N7O2/c30-21-2-1-3-22(31)26(21)36-24-14-19(6-9-33-24)27-35-23-16-32-15-20(17-4-5-17)25(23)28(37-27)38-11-7-18(8-12-38)29(40)34-10-13-39/h1-3,6,9,14-18,39H,4-5,7-8,10-13H2,(H,33,36)(H,34,40). The predicted molar refractivity (Wildman–Crippen MR) is 147 cm³/mol. The molecule has 206 valence electrons. The zero-order valence-corrected chi connectivity index (χ0v) is 21.8. The maximum Gasteiger partial charge on any atom is 0.223 e. The first kappa shape index (κ1) is 26.0. The van der Waals surface area contributed by atoms with Gasteiger partial charge in [-0.15, -0.1) is 0 Å². The molecule has 0 atom stereocenters. The van der Waals surface area contributed by atoms with Gasteiger partial charge in [-0.25, -0.2) is 23.7 Å². The number of nitrogens with zero attached hydrogens (tertiary/aromatic N) is 5. The number of halogens is 2. The number of hydrogen-bond acceptors (Lipinski definition) is 8. The van der Waals surface area contributed by atoms with E-state index in [1.165, 1.54) is 18.2 Å². The van der Waals surface area contributed by atoms with Crippen molar-refractivity contribution in [2.45, 2.75) is 31.6 Å². The third kappa shape index (κ3) is 5.29. The van der Waals surface area contributed by atoms with Crippen molar-refractivity contribution in [3.63, 3.8) is 0 Å². The summed E-state index contributed by atoms with van der Waals surface area (Å²) in [6, 6.07) is 7.07. The molecule has 9 nitrogen and oxygen atoms in total. The molecule has 1 aromatic carbocycles. The van der Waals surface area contributed by atoms with E-state index < -0.39 is 11.6 Å². The number of amides is 1. The molecule has 0 bridgehead atoms. The van der Waals surface area contributed by atoms with Crippen molar-refractivity contribution in [2.75, 3.05) is 36.5 Å². The summed E-state index contributed by atoms with van der Waals surface area (Å²) in [5.74, 6) is 0.335. The lowest BCUT2D eigenvalue weighted by Gasteiger charge is -2.33. The van der Waals surface area contributed by atoms with Gasteiger partial charge in [-0.2, -0.15) is 0 Å². The molecule has 1 saturated heterocycles. The minimum atomic E-state index is -0.719. The zero-order valence-electron chi connectivity index (χ0n) is 21.8. The van der Waals surface area contributed by atoms with Crippen LogP contribution in [0.3, 0.4) is 0 Å². The summed E-state index contributed by atoms with van der Waals surface area (Å²) in [7, 11) is 0.